The van der Waals surface area contributed by atoms with Crippen molar-refractivity contribution in [2.45, 2.75) is 25.3 Å². The second-order valence-electron chi connectivity index (χ2n) is 5.39. The Morgan fingerprint density at radius 1 is 1.29 bits per heavy atom. The zero-order chi connectivity index (χ0) is 14.4. The molecule has 0 aliphatic heterocycles. The van der Waals surface area contributed by atoms with E-state index in [1.807, 2.05) is 28.9 Å². The van der Waals surface area contributed by atoms with Crippen molar-refractivity contribution in [2.24, 2.45) is 0 Å². The third-order valence-corrected chi connectivity index (χ3v) is 3.98. The number of aromatic nitrogens is 4. The van der Waals surface area contributed by atoms with Gasteiger partial charge in [-0.3, -0.25) is 0 Å². The molecule has 21 heavy (non-hydrogen) atoms. The van der Waals surface area contributed by atoms with E-state index in [1.54, 1.807) is 0 Å². The molecule has 0 radical (unpaired) electrons. The first kappa shape index (κ1) is 12.6. The van der Waals surface area contributed by atoms with Crippen LogP contribution in [0.3, 0.4) is 0 Å². The lowest BCUT2D eigenvalue weighted by molar-refractivity contribution is 0.648. The van der Waals surface area contributed by atoms with Gasteiger partial charge < -0.3 is 5.73 Å². The van der Waals surface area contributed by atoms with Crippen molar-refractivity contribution in [1.29, 1.82) is 0 Å². The molecule has 4 rings (SSSR count). The minimum Gasteiger partial charge on any atom is -0.383 e. The van der Waals surface area contributed by atoms with E-state index in [9.17, 15) is 0 Å². The number of halogens is 1. The Labute approximate surface area is 126 Å². The Balaban J connectivity index is 1.84. The van der Waals surface area contributed by atoms with Crippen LogP contribution in [0.1, 0.15) is 30.1 Å². The monoisotopic (exact) mass is 299 g/mol. The number of nitrogen functional groups attached to an aromatic ring is 1. The fourth-order valence-electron chi connectivity index (χ4n) is 2.61. The van der Waals surface area contributed by atoms with E-state index in [2.05, 4.69) is 9.97 Å². The van der Waals surface area contributed by atoms with E-state index in [-0.39, 0.29) is 0 Å². The van der Waals surface area contributed by atoms with Crippen LogP contribution in [0.15, 0.2) is 30.6 Å². The van der Waals surface area contributed by atoms with Gasteiger partial charge in [0.15, 0.2) is 5.65 Å². The van der Waals surface area contributed by atoms with Crippen LogP contribution in [0.5, 0.6) is 0 Å². The van der Waals surface area contributed by atoms with Crippen LogP contribution in [0, 0.1) is 0 Å². The van der Waals surface area contributed by atoms with Crippen LogP contribution in [-0.2, 0) is 6.42 Å². The smallest absolute Gasteiger partial charge is 0.163 e. The highest BCUT2D eigenvalue weighted by Crippen LogP contribution is 2.38. The lowest BCUT2D eigenvalue weighted by Crippen LogP contribution is -1.99. The SMILES string of the molecule is Nc1ncnc2c1c(Cc1cccc(Cl)c1)nn2C1CC1. The van der Waals surface area contributed by atoms with Crippen LogP contribution < -0.4 is 5.73 Å². The van der Waals surface area contributed by atoms with Crippen molar-refractivity contribution < 1.29 is 0 Å². The molecule has 0 unspecified atom stereocenters. The van der Waals surface area contributed by atoms with E-state index in [1.165, 1.54) is 6.33 Å². The van der Waals surface area contributed by atoms with E-state index >= 15 is 0 Å². The molecule has 106 valence electrons. The number of anilines is 1. The fourth-order valence-corrected chi connectivity index (χ4v) is 2.82. The summed E-state index contributed by atoms with van der Waals surface area (Å²) < 4.78 is 1.99. The molecule has 5 nitrogen and oxygen atoms in total. The number of hydrogen-bond acceptors (Lipinski definition) is 4. The molecular formula is C15H14ClN5. The molecule has 0 atom stereocenters. The summed E-state index contributed by atoms with van der Waals surface area (Å²) in [6.07, 6.45) is 4.48. The molecule has 2 N–H and O–H groups in total. The molecule has 1 aliphatic carbocycles. The maximum Gasteiger partial charge on any atom is 0.163 e. The zero-order valence-corrected chi connectivity index (χ0v) is 12.1. The van der Waals surface area contributed by atoms with Gasteiger partial charge >= 0.3 is 0 Å². The molecule has 1 fully saturated rings. The van der Waals surface area contributed by atoms with Gasteiger partial charge in [-0.2, -0.15) is 5.10 Å². The number of fused-ring (bicyclic) bond motifs is 1. The molecule has 2 heterocycles. The van der Waals surface area contributed by atoms with Gasteiger partial charge in [-0.15, -0.1) is 0 Å². The van der Waals surface area contributed by atoms with Gasteiger partial charge in [0.1, 0.15) is 12.1 Å². The second kappa shape index (κ2) is 4.70. The fraction of sp³-hybridized carbons (Fsp3) is 0.267. The van der Waals surface area contributed by atoms with Crippen LogP contribution >= 0.6 is 11.6 Å². The molecule has 1 aliphatic rings. The second-order valence-corrected chi connectivity index (χ2v) is 5.82. The van der Waals surface area contributed by atoms with Crippen LogP contribution in [0.2, 0.25) is 5.02 Å². The number of rotatable bonds is 3. The number of nitrogens with two attached hydrogens (primary N) is 1. The summed E-state index contributed by atoms with van der Waals surface area (Å²) in [5.74, 6) is 0.490. The molecule has 0 saturated heterocycles. The van der Waals surface area contributed by atoms with Crippen molar-refractivity contribution in [3.05, 3.63) is 46.9 Å². The number of benzene rings is 1. The molecule has 1 saturated carbocycles. The predicted octanol–water partition coefficient (Wildman–Crippen LogP) is 2.99. The van der Waals surface area contributed by atoms with Crippen molar-refractivity contribution in [3.63, 3.8) is 0 Å². The van der Waals surface area contributed by atoms with Crippen molar-refractivity contribution >= 4 is 28.5 Å². The van der Waals surface area contributed by atoms with E-state index in [0.29, 0.717) is 18.3 Å². The summed E-state index contributed by atoms with van der Waals surface area (Å²) in [6, 6.07) is 8.24. The highest BCUT2D eigenvalue weighted by Gasteiger charge is 2.28. The van der Waals surface area contributed by atoms with Crippen molar-refractivity contribution in [1.82, 2.24) is 19.7 Å². The maximum absolute atomic E-state index is 6.05. The topological polar surface area (TPSA) is 69.6 Å². The lowest BCUT2D eigenvalue weighted by Gasteiger charge is -2.00. The van der Waals surface area contributed by atoms with Gasteiger partial charge in [0.25, 0.3) is 0 Å². The number of nitrogens with zero attached hydrogens (tertiary/aromatic N) is 4. The third-order valence-electron chi connectivity index (χ3n) is 3.74. The van der Waals surface area contributed by atoms with Gasteiger partial charge in [-0.1, -0.05) is 23.7 Å². The summed E-state index contributed by atoms with van der Waals surface area (Å²) in [5.41, 5.74) is 8.90. The predicted molar refractivity (Wildman–Crippen MR) is 82.3 cm³/mol. The molecule has 6 heteroatoms. The Morgan fingerprint density at radius 2 is 2.14 bits per heavy atom. The Morgan fingerprint density at radius 3 is 2.90 bits per heavy atom. The molecule has 0 bridgehead atoms. The van der Waals surface area contributed by atoms with Crippen LogP contribution in [0.4, 0.5) is 5.82 Å². The van der Waals surface area contributed by atoms with Crippen LogP contribution in [-0.4, -0.2) is 19.7 Å². The first-order chi connectivity index (χ1) is 10.2. The third kappa shape index (κ3) is 2.23. The Hall–Kier alpha value is -2.14. The molecular weight excluding hydrogens is 286 g/mol. The van der Waals surface area contributed by atoms with Crippen molar-refractivity contribution in [3.8, 4) is 0 Å². The van der Waals surface area contributed by atoms with Crippen LogP contribution in [0.25, 0.3) is 11.0 Å². The Kier molecular flexibility index (Phi) is 2.82. The molecule has 2 aromatic heterocycles. The summed E-state index contributed by atoms with van der Waals surface area (Å²) in [6.45, 7) is 0. The molecule has 0 spiro atoms. The van der Waals surface area contributed by atoms with Gasteiger partial charge in [0.2, 0.25) is 0 Å². The first-order valence-electron chi connectivity index (χ1n) is 6.94. The number of hydrogen-bond donors (Lipinski definition) is 1. The molecule has 3 aromatic rings. The van der Waals surface area contributed by atoms with E-state index < -0.39 is 0 Å². The summed E-state index contributed by atoms with van der Waals surface area (Å²) in [5, 5.41) is 6.32. The minimum absolute atomic E-state index is 0.454. The quantitative estimate of drug-likeness (QED) is 0.807. The van der Waals surface area contributed by atoms with Gasteiger partial charge in [0.05, 0.1) is 17.1 Å². The highest BCUT2D eigenvalue weighted by atomic mass is 35.5. The summed E-state index contributed by atoms with van der Waals surface area (Å²) >= 11 is 6.05. The Bertz CT molecular complexity index is 822. The average Bonchev–Trinajstić information content (AvgIpc) is 3.23. The summed E-state index contributed by atoms with van der Waals surface area (Å²) in [4.78, 5) is 8.47. The van der Waals surface area contributed by atoms with Gasteiger partial charge in [-0.05, 0) is 30.5 Å². The normalized spacial score (nSPS) is 14.7. The lowest BCUT2D eigenvalue weighted by atomic mass is 10.1. The summed E-state index contributed by atoms with van der Waals surface area (Å²) in [7, 11) is 0. The molecule has 1 aromatic carbocycles. The zero-order valence-electron chi connectivity index (χ0n) is 11.3. The van der Waals surface area contributed by atoms with Crippen molar-refractivity contribution in [2.75, 3.05) is 5.73 Å². The average molecular weight is 300 g/mol. The molecule has 0 amide bonds. The largest absolute Gasteiger partial charge is 0.383 e. The minimum atomic E-state index is 0.454. The first-order valence-corrected chi connectivity index (χ1v) is 7.32. The van der Waals surface area contributed by atoms with Gasteiger partial charge in [-0.25, -0.2) is 14.6 Å². The standard InChI is InChI=1S/C15H14ClN5/c16-10-3-1-2-9(6-10)7-12-13-14(17)18-8-19-15(13)21(20-12)11-4-5-11/h1-3,6,8,11H,4-5,7H2,(H2,17,18,19). The highest BCUT2D eigenvalue weighted by molar-refractivity contribution is 6.30. The van der Waals surface area contributed by atoms with E-state index in [4.69, 9.17) is 22.4 Å². The maximum atomic E-state index is 6.05. The van der Waals surface area contributed by atoms with E-state index in [0.717, 1.165) is 40.2 Å². The van der Waals surface area contributed by atoms with Gasteiger partial charge in [0, 0.05) is 11.4 Å².